The van der Waals surface area contributed by atoms with Gasteiger partial charge in [-0.25, -0.2) is 4.98 Å². The van der Waals surface area contributed by atoms with Crippen LogP contribution in [0.2, 0.25) is 0 Å². The van der Waals surface area contributed by atoms with E-state index in [1.165, 1.54) is 6.92 Å². The lowest BCUT2D eigenvalue weighted by molar-refractivity contribution is -0.118. The van der Waals surface area contributed by atoms with Crippen molar-refractivity contribution in [2.24, 2.45) is 0 Å². The Hall–Kier alpha value is -2.57. The topological polar surface area (TPSA) is 84.7 Å². The number of pyridine rings is 1. The quantitative estimate of drug-likeness (QED) is 0.754. The number of aromatic nitrogens is 2. The standard InChI is InChI=1S/C16H22N4O3/c1-4-23-13-7-5-10-20-14(11(2)19-15(13)20)16(22)18-9-6-8-17-12(3)21/h5,7,10H,4,6,8-9H2,1-3H3,(H,17,21)(H,18,22). The largest absolute Gasteiger partial charge is 0.490 e. The van der Waals surface area contributed by atoms with E-state index >= 15 is 0 Å². The van der Waals surface area contributed by atoms with Crippen LogP contribution in [-0.2, 0) is 4.79 Å². The van der Waals surface area contributed by atoms with Crippen LogP contribution in [0.3, 0.4) is 0 Å². The highest BCUT2D eigenvalue weighted by Gasteiger charge is 2.18. The fourth-order valence-corrected chi connectivity index (χ4v) is 2.34. The highest BCUT2D eigenvalue weighted by molar-refractivity contribution is 5.94. The first-order valence-electron chi connectivity index (χ1n) is 7.67. The van der Waals surface area contributed by atoms with Gasteiger partial charge >= 0.3 is 0 Å². The molecular formula is C16H22N4O3. The lowest BCUT2D eigenvalue weighted by atomic mass is 10.3. The molecule has 0 radical (unpaired) electrons. The van der Waals surface area contributed by atoms with Crippen LogP contribution < -0.4 is 15.4 Å². The summed E-state index contributed by atoms with van der Waals surface area (Å²) in [4.78, 5) is 27.6. The molecule has 0 aromatic carbocycles. The number of amides is 2. The van der Waals surface area contributed by atoms with E-state index in [1.807, 2.05) is 19.1 Å². The van der Waals surface area contributed by atoms with E-state index in [0.29, 0.717) is 48.9 Å². The minimum atomic E-state index is -0.188. The maximum Gasteiger partial charge on any atom is 0.270 e. The van der Waals surface area contributed by atoms with Gasteiger partial charge < -0.3 is 15.4 Å². The first-order valence-corrected chi connectivity index (χ1v) is 7.67. The van der Waals surface area contributed by atoms with Crippen molar-refractivity contribution in [3.05, 3.63) is 29.7 Å². The van der Waals surface area contributed by atoms with Gasteiger partial charge in [0.05, 0.1) is 12.3 Å². The van der Waals surface area contributed by atoms with Gasteiger partial charge in [-0.15, -0.1) is 0 Å². The normalized spacial score (nSPS) is 10.6. The second-order valence-corrected chi connectivity index (χ2v) is 5.14. The highest BCUT2D eigenvalue weighted by Crippen LogP contribution is 2.21. The molecule has 0 fully saturated rings. The molecule has 2 aromatic heterocycles. The van der Waals surface area contributed by atoms with Gasteiger partial charge in [0.25, 0.3) is 5.91 Å². The van der Waals surface area contributed by atoms with Crippen molar-refractivity contribution in [3.8, 4) is 5.75 Å². The van der Waals surface area contributed by atoms with Crippen LogP contribution in [0, 0.1) is 6.92 Å². The van der Waals surface area contributed by atoms with E-state index in [0.717, 1.165) is 0 Å². The summed E-state index contributed by atoms with van der Waals surface area (Å²) in [5.41, 5.74) is 1.79. The Balaban J connectivity index is 2.10. The van der Waals surface area contributed by atoms with Crippen molar-refractivity contribution >= 4 is 17.5 Å². The molecule has 0 aliphatic rings. The summed E-state index contributed by atoms with van der Waals surface area (Å²) in [6.45, 7) is 6.73. The third-order valence-electron chi connectivity index (χ3n) is 3.32. The van der Waals surface area contributed by atoms with Gasteiger partial charge in [-0.2, -0.15) is 0 Å². The number of carbonyl (C=O) groups is 2. The molecule has 2 N–H and O–H groups in total. The zero-order valence-electron chi connectivity index (χ0n) is 13.7. The van der Waals surface area contributed by atoms with Crippen LogP contribution in [0.25, 0.3) is 5.65 Å². The van der Waals surface area contributed by atoms with E-state index in [-0.39, 0.29) is 11.8 Å². The molecule has 2 aromatic rings. The van der Waals surface area contributed by atoms with Crippen LogP contribution in [0.15, 0.2) is 18.3 Å². The van der Waals surface area contributed by atoms with E-state index in [9.17, 15) is 9.59 Å². The van der Waals surface area contributed by atoms with Gasteiger partial charge in [-0.05, 0) is 32.4 Å². The predicted octanol–water partition coefficient (Wildman–Crippen LogP) is 1.30. The first kappa shape index (κ1) is 16.8. The average molecular weight is 318 g/mol. The first-order chi connectivity index (χ1) is 11.0. The second-order valence-electron chi connectivity index (χ2n) is 5.14. The summed E-state index contributed by atoms with van der Waals surface area (Å²) in [5, 5.41) is 5.54. The summed E-state index contributed by atoms with van der Waals surface area (Å²) in [6, 6.07) is 3.66. The lowest BCUT2D eigenvalue weighted by Gasteiger charge is -2.07. The number of ether oxygens (including phenoxy) is 1. The fraction of sp³-hybridized carbons (Fsp3) is 0.438. The van der Waals surface area contributed by atoms with Crippen molar-refractivity contribution in [3.63, 3.8) is 0 Å². The molecule has 7 heteroatoms. The molecule has 124 valence electrons. The maximum absolute atomic E-state index is 12.4. The van der Waals surface area contributed by atoms with Crippen LogP contribution in [-0.4, -0.2) is 40.9 Å². The minimum Gasteiger partial charge on any atom is -0.490 e. The fourth-order valence-electron chi connectivity index (χ4n) is 2.34. The van der Waals surface area contributed by atoms with Crippen LogP contribution in [0.5, 0.6) is 5.75 Å². The van der Waals surface area contributed by atoms with E-state index in [2.05, 4.69) is 15.6 Å². The Morgan fingerprint density at radius 1 is 1.30 bits per heavy atom. The summed E-state index contributed by atoms with van der Waals surface area (Å²) in [6.07, 6.45) is 2.47. The number of rotatable bonds is 7. The molecule has 2 heterocycles. The Morgan fingerprint density at radius 3 is 2.74 bits per heavy atom. The van der Waals surface area contributed by atoms with Crippen molar-refractivity contribution in [2.75, 3.05) is 19.7 Å². The van der Waals surface area contributed by atoms with Crippen molar-refractivity contribution in [1.29, 1.82) is 0 Å². The Labute approximate surface area is 135 Å². The number of aryl methyl sites for hydroxylation is 1. The number of nitrogens with zero attached hydrogens (tertiary/aromatic N) is 2. The monoisotopic (exact) mass is 318 g/mol. The summed E-state index contributed by atoms with van der Waals surface area (Å²) < 4.78 is 7.29. The minimum absolute atomic E-state index is 0.0718. The lowest BCUT2D eigenvalue weighted by Crippen LogP contribution is -2.29. The van der Waals surface area contributed by atoms with Gasteiger partial charge in [0.2, 0.25) is 5.91 Å². The molecule has 0 unspecified atom stereocenters. The average Bonchev–Trinajstić information content (AvgIpc) is 2.84. The molecule has 0 atom stereocenters. The van der Waals surface area contributed by atoms with Crippen molar-refractivity contribution < 1.29 is 14.3 Å². The van der Waals surface area contributed by atoms with Gasteiger partial charge in [0, 0.05) is 26.2 Å². The predicted molar refractivity (Wildman–Crippen MR) is 86.7 cm³/mol. The van der Waals surface area contributed by atoms with E-state index in [1.54, 1.807) is 17.5 Å². The van der Waals surface area contributed by atoms with E-state index in [4.69, 9.17) is 4.74 Å². The maximum atomic E-state index is 12.4. The summed E-state index contributed by atoms with van der Waals surface area (Å²) in [7, 11) is 0. The molecule has 0 bridgehead atoms. The molecular weight excluding hydrogens is 296 g/mol. The highest BCUT2D eigenvalue weighted by atomic mass is 16.5. The zero-order chi connectivity index (χ0) is 16.8. The van der Waals surface area contributed by atoms with Gasteiger partial charge in [-0.3, -0.25) is 14.0 Å². The number of imidazole rings is 1. The Kier molecular flexibility index (Phi) is 5.56. The van der Waals surface area contributed by atoms with Crippen molar-refractivity contribution in [1.82, 2.24) is 20.0 Å². The van der Waals surface area contributed by atoms with Crippen molar-refractivity contribution in [2.45, 2.75) is 27.2 Å². The van der Waals surface area contributed by atoms with Crippen LogP contribution >= 0.6 is 0 Å². The Bertz CT molecular complexity index is 709. The number of carbonyl (C=O) groups excluding carboxylic acids is 2. The molecule has 2 amide bonds. The third-order valence-corrected chi connectivity index (χ3v) is 3.32. The smallest absolute Gasteiger partial charge is 0.270 e. The summed E-state index contributed by atoms with van der Waals surface area (Å²) in [5.74, 6) is 0.395. The molecule has 2 rings (SSSR count). The SMILES string of the molecule is CCOc1cccn2c(C(=O)NCCCNC(C)=O)c(C)nc12. The number of hydrogen-bond donors (Lipinski definition) is 2. The van der Waals surface area contributed by atoms with Gasteiger partial charge in [0.15, 0.2) is 11.4 Å². The number of fused-ring (bicyclic) bond motifs is 1. The molecule has 0 aliphatic carbocycles. The zero-order valence-corrected chi connectivity index (χ0v) is 13.7. The Morgan fingerprint density at radius 2 is 2.04 bits per heavy atom. The van der Waals surface area contributed by atoms with Gasteiger partial charge in [-0.1, -0.05) is 0 Å². The number of nitrogens with one attached hydrogen (secondary N) is 2. The van der Waals surface area contributed by atoms with Gasteiger partial charge in [0.1, 0.15) is 5.69 Å². The van der Waals surface area contributed by atoms with Crippen LogP contribution in [0.1, 0.15) is 36.5 Å². The molecule has 0 spiro atoms. The van der Waals surface area contributed by atoms with Crippen LogP contribution in [0.4, 0.5) is 0 Å². The molecule has 7 nitrogen and oxygen atoms in total. The van der Waals surface area contributed by atoms with E-state index < -0.39 is 0 Å². The molecule has 0 aliphatic heterocycles. The third kappa shape index (κ3) is 4.00. The molecule has 23 heavy (non-hydrogen) atoms. The second kappa shape index (κ2) is 7.62. The number of hydrogen-bond acceptors (Lipinski definition) is 4. The molecule has 0 saturated carbocycles. The molecule has 0 saturated heterocycles. The summed E-state index contributed by atoms with van der Waals surface area (Å²) >= 11 is 0.